The van der Waals surface area contributed by atoms with Gasteiger partial charge in [0.2, 0.25) is 0 Å². The summed E-state index contributed by atoms with van der Waals surface area (Å²) >= 11 is 0. The number of carbonyl (C=O) groups excluding carboxylic acids is 1. The van der Waals surface area contributed by atoms with Gasteiger partial charge in [-0.25, -0.2) is 0 Å². The summed E-state index contributed by atoms with van der Waals surface area (Å²) in [5, 5.41) is 13.6. The quantitative estimate of drug-likeness (QED) is 0.440. The van der Waals surface area contributed by atoms with E-state index in [1.54, 1.807) is 5.57 Å². The van der Waals surface area contributed by atoms with E-state index in [2.05, 4.69) is 21.6 Å². The molecule has 5 nitrogen and oxygen atoms in total. The van der Waals surface area contributed by atoms with Gasteiger partial charge in [0.25, 0.3) is 5.91 Å². The van der Waals surface area contributed by atoms with Crippen LogP contribution in [0.3, 0.4) is 0 Å². The van der Waals surface area contributed by atoms with Crippen LogP contribution in [0.1, 0.15) is 19.3 Å². The number of nitrogens with one attached hydrogen (secondary N) is 1. The number of allylic oxidation sites excluding steroid dienone is 1. The van der Waals surface area contributed by atoms with Crippen LogP contribution in [0.2, 0.25) is 0 Å². The molecule has 2 heterocycles. The van der Waals surface area contributed by atoms with E-state index >= 15 is 0 Å². The number of carbonyl (C=O) groups is 1. The number of fused-ring (bicyclic) bond motifs is 2. The van der Waals surface area contributed by atoms with Crippen molar-refractivity contribution < 1.29 is 10.0 Å². The Morgan fingerprint density at radius 1 is 1.50 bits per heavy atom. The van der Waals surface area contributed by atoms with Gasteiger partial charge in [0.15, 0.2) is 0 Å². The molecule has 5 rings (SSSR count). The Morgan fingerprint density at radius 2 is 2.28 bits per heavy atom. The van der Waals surface area contributed by atoms with E-state index in [1.165, 1.54) is 19.3 Å². The Bertz CT molecular complexity index is 391. The fourth-order valence-electron chi connectivity index (χ4n) is 3.69. The largest absolute Gasteiger partial charge is 0.411 e. The van der Waals surface area contributed by atoms with Gasteiger partial charge >= 0.3 is 0 Å². The SMILES string of the molecule is O=C(C=NO)NCCN1C=C2C3CC(CC2C3)C1. The van der Waals surface area contributed by atoms with E-state index in [0.29, 0.717) is 6.54 Å². The van der Waals surface area contributed by atoms with Crippen LogP contribution in [0.15, 0.2) is 16.9 Å². The maximum atomic E-state index is 11.1. The summed E-state index contributed by atoms with van der Waals surface area (Å²) in [5.74, 6) is 2.21. The topological polar surface area (TPSA) is 64.9 Å². The molecule has 0 radical (unpaired) electrons. The third-order valence-electron chi connectivity index (χ3n) is 4.45. The summed E-state index contributed by atoms with van der Waals surface area (Å²) in [6.07, 6.45) is 7.35. The lowest BCUT2D eigenvalue weighted by molar-refractivity contribution is -0.114. The number of hydrogen-bond donors (Lipinski definition) is 2. The first-order valence-electron chi connectivity index (χ1n) is 6.67. The van der Waals surface area contributed by atoms with Crippen LogP contribution < -0.4 is 5.32 Å². The molecular weight excluding hydrogens is 230 g/mol. The molecule has 2 atom stereocenters. The minimum atomic E-state index is -0.342. The van der Waals surface area contributed by atoms with Crippen LogP contribution in [0.25, 0.3) is 0 Å². The van der Waals surface area contributed by atoms with Gasteiger partial charge in [-0.15, -0.1) is 0 Å². The predicted octanol–water partition coefficient (Wildman–Crippen LogP) is 0.808. The van der Waals surface area contributed by atoms with Gasteiger partial charge in [-0.1, -0.05) is 5.16 Å². The predicted molar refractivity (Wildman–Crippen MR) is 67.3 cm³/mol. The highest BCUT2D eigenvalue weighted by molar-refractivity contribution is 6.25. The Hall–Kier alpha value is -1.52. The first-order valence-corrected chi connectivity index (χ1v) is 6.67. The van der Waals surface area contributed by atoms with Gasteiger partial charge in [-0.2, -0.15) is 0 Å². The zero-order valence-corrected chi connectivity index (χ0v) is 10.4. The molecule has 3 aliphatic carbocycles. The number of rotatable bonds is 4. The van der Waals surface area contributed by atoms with Gasteiger partial charge in [0.1, 0.15) is 6.21 Å². The molecule has 1 amide bonds. The van der Waals surface area contributed by atoms with Crippen molar-refractivity contribution in [2.75, 3.05) is 19.6 Å². The highest BCUT2D eigenvalue weighted by Crippen LogP contribution is 2.54. The molecule has 2 N–H and O–H groups in total. The fraction of sp³-hybridized carbons (Fsp3) is 0.692. The summed E-state index contributed by atoms with van der Waals surface area (Å²) in [7, 11) is 0. The summed E-state index contributed by atoms with van der Waals surface area (Å²) < 4.78 is 0. The van der Waals surface area contributed by atoms with Crippen molar-refractivity contribution in [3.63, 3.8) is 0 Å². The molecule has 3 fully saturated rings. The molecule has 0 saturated heterocycles. The monoisotopic (exact) mass is 249 g/mol. The van der Waals surface area contributed by atoms with E-state index in [-0.39, 0.29) is 5.91 Å². The molecule has 3 saturated carbocycles. The summed E-state index contributed by atoms with van der Waals surface area (Å²) in [4.78, 5) is 13.4. The standard InChI is InChI=1S/C13H19N3O2/c17-13(6-15-18)14-1-2-16-7-9-3-10-5-11(4-9)12(10)8-16/h6,8-11,18H,1-5,7H2,(H,14,17). The second-order valence-corrected chi connectivity index (χ2v) is 5.63. The maximum absolute atomic E-state index is 11.1. The minimum absolute atomic E-state index is 0.342. The first-order chi connectivity index (χ1) is 8.76. The molecule has 98 valence electrons. The fourth-order valence-corrected chi connectivity index (χ4v) is 3.69. The molecule has 0 aromatic rings. The third kappa shape index (κ3) is 2.09. The zero-order valence-electron chi connectivity index (χ0n) is 10.4. The van der Waals surface area contributed by atoms with E-state index in [1.807, 2.05) is 0 Å². The number of oxime groups is 1. The summed E-state index contributed by atoms with van der Waals surface area (Å²) in [6, 6.07) is 0. The lowest BCUT2D eigenvalue weighted by atomic mass is 9.59. The lowest BCUT2D eigenvalue weighted by Gasteiger charge is -2.45. The number of amides is 1. The minimum Gasteiger partial charge on any atom is -0.411 e. The molecular formula is C13H19N3O2. The average Bonchev–Trinajstić information content (AvgIpc) is 2.56. The van der Waals surface area contributed by atoms with Crippen LogP contribution in [-0.2, 0) is 4.79 Å². The highest BCUT2D eigenvalue weighted by atomic mass is 16.4. The van der Waals surface area contributed by atoms with Crippen molar-refractivity contribution in [1.29, 1.82) is 0 Å². The van der Waals surface area contributed by atoms with Crippen LogP contribution in [-0.4, -0.2) is 41.9 Å². The molecule has 0 aromatic heterocycles. The van der Waals surface area contributed by atoms with Crippen molar-refractivity contribution in [1.82, 2.24) is 10.2 Å². The van der Waals surface area contributed by atoms with Gasteiger partial charge in [0, 0.05) is 19.6 Å². The zero-order chi connectivity index (χ0) is 12.5. The number of nitrogens with zero attached hydrogens (tertiary/aromatic N) is 2. The van der Waals surface area contributed by atoms with E-state index in [4.69, 9.17) is 5.21 Å². The van der Waals surface area contributed by atoms with Crippen LogP contribution in [0, 0.1) is 17.8 Å². The molecule has 0 aromatic carbocycles. The molecule has 18 heavy (non-hydrogen) atoms. The Kier molecular flexibility index (Phi) is 2.97. The smallest absolute Gasteiger partial charge is 0.265 e. The third-order valence-corrected chi connectivity index (χ3v) is 4.45. The summed E-state index contributed by atoms with van der Waals surface area (Å²) in [6.45, 7) is 2.56. The van der Waals surface area contributed by atoms with E-state index < -0.39 is 0 Å². The second kappa shape index (κ2) is 4.63. The van der Waals surface area contributed by atoms with Gasteiger partial charge in [-0.3, -0.25) is 4.79 Å². The van der Waals surface area contributed by atoms with Crippen molar-refractivity contribution in [3.05, 3.63) is 11.8 Å². The van der Waals surface area contributed by atoms with E-state index in [0.717, 1.165) is 37.1 Å². The van der Waals surface area contributed by atoms with Crippen LogP contribution >= 0.6 is 0 Å². The lowest BCUT2D eigenvalue weighted by Crippen LogP contribution is -2.37. The molecule has 5 heteroatoms. The summed E-state index contributed by atoms with van der Waals surface area (Å²) in [5.41, 5.74) is 1.65. The van der Waals surface area contributed by atoms with Crippen molar-refractivity contribution in [2.45, 2.75) is 19.3 Å². The average molecular weight is 249 g/mol. The molecule has 4 bridgehead atoms. The van der Waals surface area contributed by atoms with E-state index in [9.17, 15) is 4.79 Å². The normalized spacial score (nSPS) is 33.0. The molecule has 5 aliphatic rings. The highest BCUT2D eigenvalue weighted by Gasteiger charge is 2.45. The Morgan fingerprint density at radius 3 is 3.00 bits per heavy atom. The number of hydrogen-bond acceptors (Lipinski definition) is 4. The van der Waals surface area contributed by atoms with Crippen molar-refractivity contribution in [3.8, 4) is 0 Å². The second-order valence-electron chi connectivity index (χ2n) is 5.63. The van der Waals surface area contributed by atoms with Crippen LogP contribution in [0.5, 0.6) is 0 Å². The molecule has 0 spiro atoms. The van der Waals surface area contributed by atoms with Gasteiger partial charge < -0.3 is 15.4 Å². The van der Waals surface area contributed by atoms with Crippen molar-refractivity contribution >= 4 is 12.1 Å². The van der Waals surface area contributed by atoms with Gasteiger partial charge in [0.05, 0.1) is 0 Å². The molecule has 2 unspecified atom stereocenters. The Balaban J connectivity index is 1.51. The first kappa shape index (κ1) is 11.6. The maximum Gasteiger partial charge on any atom is 0.265 e. The van der Waals surface area contributed by atoms with Crippen LogP contribution in [0.4, 0.5) is 0 Å². The molecule has 2 aliphatic heterocycles. The van der Waals surface area contributed by atoms with Crippen molar-refractivity contribution in [2.24, 2.45) is 22.9 Å². The Labute approximate surface area is 107 Å². The van der Waals surface area contributed by atoms with Gasteiger partial charge in [-0.05, 0) is 48.8 Å².